The third-order valence-electron chi connectivity index (χ3n) is 2.65. The third-order valence-corrected chi connectivity index (χ3v) is 3.57. The van der Waals surface area contributed by atoms with Crippen LogP contribution in [0.1, 0.15) is 26.7 Å². The Morgan fingerprint density at radius 3 is 2.94 bits per heavy atom. The van der Waals surface area contributed by atoms with Gasteiger partial charge < -0.3 is 9.52 Å². The molecule has 0 spiro atoms. The number of carboxylic acid groups (broad SMARTS) is 1. The summed E-state index contributed by atoms with van der Waals surface area (Å²) in [6, 6.07) is 1.48. The summed E-state index contributed by atoms with van der Waals surface area (Å²) in [6.45, 7) is 3.16. The van der Waals surface area contributed by atoms with Gasteiger partial charge in [0, 0.05) is 11.4 Å². The van der Waals surface area contributed by atoms with Crippen molar-refractivity contribution < 1.29 is 14.3 Å². The average Bonchev–Trinajstić information content (AvgIpc) is 2.89. The van der Waals surface area contributed by atoms with Crippen LogP contribution in [0.3, 0.4) is 0 Å². The predicted molar refractivity (Wildman–Crippen MR) is 67.7 cm³/mol. The van der Waals surface area contributed by atoms with Gasteiger partial charge in [-0.25, -0.2) is 9.78 Å². The van der Waals surface area contributed by atoms with Crippen molar-refractivity contribution in [3.05, 3.63) is 39.7 Å². The van der Waals surface area contributed by atoms with Gasteiger partial charge in [0.1, 0.15) is 11.3 Å². The molecule has 0 aromatic carbocycles. The van der Waals surface area contributed by atoms with Crippen LogP contribution in [0.15, 0.2) is 22.3 Å². The van der Waals surface area contributed by atoms with E-state index in [0.717, 1.165) is 12.2 Å². The molecule has 18 heavy (non-hydrogen) atoms. The Morgan fingerprint density at radius 1 is 1.56 bits per heavy atom. The average molecular weight is 266 g/mol. The molecular weight excluding hydrogens is 252 g/mol. The van der Waals surface area contributed by atoms with Crippen LogP contribution in [0.5, 0.6) is 0 Å². The van der Waals surface area contributed by atoms with Crippen LogP contribution in [0.4, 0.5) is 0 Å². The number of aryl methyl sites for hydroxylation is 1. The number of carbonyl (C=O) groups is 1. The van der Waals surface area contributed by atoms with E-state index in [2.05, 4.69) is 4.98 Å². The summed E-state index contributed by atoms with van der Waals surface area (Å²) in [5.74, 6) is -0.478. The molecule has 5 nitrogen and oxygen atoms in total. The van der Waals surface area contributed by atoms with E-state index in [-0.39, 0.29) is 5.56 Å². The molecule has 0 radical (unpaired) electrons. The number of thiazole rings is 1. The Morgan fingerprint density at radius 2 is 2.33 bits per heavy atom. The summed E-state index contributed by atoms with van der Waals surface area (Å²) in [6.07, 6.45) is 1.41. The molecule has 2 aromatic heterocycles. The second kappa shape index (κ2) is 5.32. The van der Waals surface area contributed by atoms with Crippen molar-refractivity contribution in [2.24, 2.45) is 0 Å². The highest BCUT2D eigenvalue weighted by Crippen LogP contribution is 2.17. The maximum absolute atomic E-state index is 10.9. The van der Waals surface area contributed by atoms with Gasteiger partial charge in [-0.05, 0) is 20.0 Å². The van der Waals surface area contributed by atoms with E-state index in [9.17, 15) is 4.79 Å². The highest BCUT2D eigenvalue weighted by Gasteiger charge is 2.15. The van der Waals surface area contributed by atoms with Gasteiger partial charge in [-0.3, -0.25) is 4.90 Å². The second-order valence-electron chi connectivity index (χ2n) is 4.10. The minimum Gasteiger partial charge on any atom is -0.478 e. The molecule has 1 N–H and O–H groups in total. The van der Waals surface area contributed by atoms with Crippen molar-refractivity contribution in [1.29, 1.82) is 0 Å². The standard InChI is InChI=1S/C12H14N2O3S/c1-8-11(18-7-13-8)6-14(2)5-10-9(12(15)16)3-4-17-10/h3-4,7H,5-6H2,1-2H3,(H,15,16). The van der Waals surface area contributed by atoms with Gasteiger partial charge in [0.15, 0.2) is 0 Å². The summed E-state index contributed by atoms with van der Waals surface area (Å²) >= 11 is 1.60. The summed E-state index contributed by atoms with van der Waals surface area (Å²) in [5, 5.41) is 8.98. The van der Waals surface area contributed by atoms with Crippen LogP contribution in [0, 0.1) is 6.92 Å². The zero-order valence-corrected chi connectivity index (χ0v) is 11.0. The Kier molecular flexibility index (Phi) is 3.78. The minimum atomic E-state index is -0.957. The highest BCUT2D eigenvalue weighted by atomic mass is 32.1. The zero-order valence-electron chi connectivity index (χ0n) is 10.2. The number of carboxylic acids is 1. The number of aromatic nitrogens is 1. The van der Waals surface area contributed by atoms with E-state index < -0.39 is 5.97 Å². The van der Waals surface area contributed by atoms with E-state index in [1.54, 1.807) is 11.3 Å². The van der Waals surface area contributed by atoms with Crippen LogP contribution >= 0.6 is 11.3 Å². The first-order valence-electron chi connectivity index (χ1n) is 5.45. The molecule has 2 rings (SSSR count). The normalized spacial score (nSPS) is 11.1. The maximum atomic E-state index is 10.9. The topological polar surface area (TPSA) is 66.6 Å². The van der Waals surface area contributed by atoms with Crippen LogP contribution in [0.25, 0.3) is 0 Å². The van der Waals surface area contributed by atoms with Gasteiger partial charge in [-0.15, -0.1) is 11.3 Å². The lowest BCUT2D eigenvalue weighted by Crippen LogP contribution is -2.18. The predicted octanol–water partition coefficient (Wildman–Crippen LogP) is 2.37. The van der Waals surface area contributed by atoms with Crippen LogP contribution < -0.4 is 0 Å². The summed E-state index contributed by atoms with van der Waals surface area (Å²) in [4.78, 5) is 18.3. The molecule has 2 aromatic rings. The highest BCUT2D eigenvalue weighted by molar-refractivity contribution is 7.09. The molecule has 0 aliphatic rings. The SMILES string of the molecule is Cc1ncsc1CN(C)Cc1occc1C(=O)O. The molecule has 0 bridgehead atoms. The van der Waals surface area contributed by atoms with E-state index in [4.69, 9.17) is 9.52 Å². The second-order valence-corrected chi connectivity index (χ2v) is 5.04. The lowest BCUT2D eigenvalue weighted by Gasteiger charge is -2.14. The molecule has 6 heteroatoms. The lowest BCUT2D eigenvalue weighted by molar-refractivity contribution is 0.0693. The largest absolute Gasteiger partial charge is 0.478 e. The van der Waals surface area contributed by atoms with Gasteiger partial charge in [-0.1, -0.05) is 0 Å². The number of aromatic carboxylic acids is 1. The van der Waals surface area contributed by atoms with Crippen molar-refractivity contribution in [3.63, 3.8) is 0 Å². The molecule has 0 amide bonds. The van der Waals surface area contributed by atoms with Crippen LogP contribution in [-0.4, -0.2) is 28.0 Å². The smallest absolute Gasteiger partial charge is 0.339 e. The fourth-order valence-electron chi connectivity index (χ4n) is 1.68. The number of hydrogen-bond acceptors (Lipinski definition) is 5. The van der Waals surface area contributed by atoms with Crippen LogP contribution in [0.2, 0.25) is 0 Å². The number of nitrogens with zero attached hydrogens (tertiary/aromatic N) is 2. The quantitative estimate of drug-likeness (QED) is 0.900. The minimum absolute atomic E-state index is 0.225. The fourth-order valence-corrected chi connectivity index (χ4v) is 2.53. The van der Waals surface area contributed by atoms with Crippen molar-refractivity contribution >= 4 is 17.3 Å². The Bertz CT molecular complexity index is 547. The number of furan rings is 1. The molecule has 0 aliphatic heterocycles. The molecule has 96 valence electrons. The van der Waals surface area contributed by atoms with E-state index in [1.807, 2.05) is 24.4 Å². The third kappa shape index (κ3) is 2.77. The van der Waals surface area contributed by atoms with Gasteiger partial charge in [0.25, 0.3) is 0 Å². The molecule has 0 aliphatic carbocycles. The van der Waals surface area contributed by atoms with Gasteiger partial charge in [-0.2, -0.15) is 0 Å². The van der Waals surface area contributed by atoms with Crippen LogP contribution in [-0.2, 0) is 13.1 Å². The van der Waals surface area contributed by atoms with Crippen molar-refractivity contribution in [3.8, 4) is 0 Å². The number of rotatable bonds is 5. The monoisotopic (exact) mass is 266 g/mol. The molecule has 2 heterocycles. The fraction of sp³-hybridized carbons (Fsp3) is 0.333. The Labute approximate surface area is 109 Å². The molecule has 0 saturated heterocycles. The molecule has 0 unspecified atom stereocenters. The lowest BCUT2D eigenvalue weighted by atomic mass is 10.2. The first-order chi connectivity index (χ1) is 8.58. The summed E-state index contributed by atoms with van der Waals surface area (Å²) in [5.41, 5.74) is 3.06. The maximum Gasteiger partial charge on any atom is 0.339 e. The van der Waals surface area contributed by atoms with E-state index in [1.165, 1.54) is 17.2 Å². The molecular formula is C12H14N2O3S. The van der Waals surface area contributed by atoms with Crippen molar-refractivity contribution in [2.75, 3.05) is 7.05 Å². The van der Waals surface area contributed by atoms with E-state index >= 15 is 0 Å². The molecule has 0 atom stereocenters. The zero-order chi connectivity index (χ0) is 13.1. The van der Waals surface area contributed by atoms with Gasteiger partial charge in [0.05, 0.1) is 24.0 Å². The molecule has 0 saturated carbocycles. The van der Waals surface area contributed by atoms with Gasteiger partial charge in [0.2, 0.25) is 0 Å². The number of hydrogen-bond donors (Lipinski definition) is 1. The van der Waals surface area contributed by atoms with Crippen molar-refractivity contribution in [1.82, 2.24) is 9.88 Å². The van der Waals surface area contributed by atoms with Crippen molar-refractivity contribution in [2.45, 2.75) is 20.0 Å². The Balaban J connectivity index is 2.03. The van der Waals surface area contributed by atoms with Gasteiger partial charge >= 0.3 is 5.97 Å². The Hall–Kier alpha value is -1.66. The summed E-state index contributed by atoms with van der Waals surface area (Å²) in [7, 11) is 1.92. The first-order valence-corrected chi connectivity index (χ1v) is 6.33. The first kappa shape index (κ1) is 12.8. The van der Waals surface area contributed by atoms with E-state index in [0.29, 0.717) is 12.3 Å². The summed E-state index contributed by atoms with van der Waals surface area (Å²) < 4.78 is 5.21. The molecule has 0 fully saturated rings.